The van der Waals surface area contributed by atoms with Gasteiger partial charge in [0.05, 0.1) is 19.3 Å². The number of terminal acetylenes is 1. The van der Waals surface area contributed by atoms with Crippen molar-refractivity contribution in [2.75, 3.05) is 7.11 Å². The number of carbonyl (C=O) groups excluding carboxylic acids is 1. The van der Waals surface area contributed by atoms with Crippen molar-refractivity contribution in [2.24, 2.45) is 11.8 Å². The van der Waals surface area contributed by atoms with Crippen molar-refractivity contribution in [3.05, 3.63) is 24.3 Å². The molecule has 0 bridgehead atoms. The van der Waals surface area contributed by atoms with E-state index < -0.39 is 17.8 Å². The van der Waals surface area contributed by atoms with Crippen LogP contribution in [0.4, 0.5) is 0 Å². The number of methoxy groups -OCH3 is 1. The van der Waals surface area contributed by atoms with Crippen molar-refractivity contribution in [3.63, 3.8) is 0 Å². The summed E-state index contributed by atoms with van der Waals surface area (Å²) in [5, 5.41) is 31.0. The maximum atomic E-state index is 11.1. The number of allylic oxidation sites excluding steroid dienone is 2. The fourth-order valence-corrected chi connectivity index (χ4v) is 3.67. The van der Waals surface area contributed by atoms with Gasteiger partial charge in [-0.25, -0.2) is 0 Å². The minimum absolute atomic E-state index is 0.0716. The normalized spacial score (nSPS) is 27.1. The molecule has 0 aromatic heterocycles. The van der Waals surface area contributed by atoms with Crippen molar-refractivity contribution in [3.8, 4) is 12.3 Å². The number of aliphatic hydroxyl groups is 3. The topological polar surface area (TPSA) is 87.0 Å². The van der Waals surface area contributed by atoms with Crippen LogP contribution in [0.25, 0.3) is 0 Å². The summed E-state index contributed by atoms with van der Waals surface area (Å²) < 4.78 is 4.61. The minimum atomic E-state index is -1.15. The van der Waals surface area contributed by atoms with Crippen molar-refractivity contribution in [2.45, 2.75) is 82.5 Å². The smallest absolute Gasteiger partial charge is 0.305 e. The van der Waals surface area contributed by atoms with Gasteiger partial charge in [-0.05, 0) is 38.0 Å². The third kappa shape index (κ3) is 8.18. The first-order chi connectivity index (χ1) is 13.4. The molecule has 5 heteroatoms. The van der Waals surface area contributed by atoms with E-state index in [4.69, 9.17) is 6.42 Å². The van der Waals surface area contributed by atoms with Gasteiger partial charge < -0.3 is 20.1 Å². The lowest BCUT2D eigenvalue weighted by Crippen LogP contribution is -2.25. The highest BCUT2D eigenvalue weighted by Crippen LogP contribution is 2.36. The van der Waals surface area contributed by atoms with E-state index in [0.29, 0.717) is 32.1 Å². The second kappa shape index (κ2) is 12.8. The molecule has 1 fully saturated rings. The van der Waals surface area contributed by atoms with E-state index in [0.717, 1.165) is 25.7 Å². The molecule has 28 heavy (non-hydrogen) atoms. The third-order valence-corrected chi connectivity index (χ3v) is 5.50. The Balaban J connectivity index is 2.56. The highest BCUT2D eigenvalue weighted by molar-refractivity contribution is 5.69. The Hall–Kier alpha value is -1.61. The predicted molar refractivity (Wildman–Crippen MR) is 110 cm³/mol. The number of rotatable bonds is 12. The monoisotopic (exact) mass is 392 g/mol. The number of unbranched alkanes of at least 4 members (excludes halogenated alkanes) is 2. The van der Waals surface area contributed by atoms with E-state index in [9.17, 15) is 20.1 Å². The SMILES string of the molecule is C#CC(O)(C/C=C/[C@@H]1[C@@H](C/C=C\CCCC(=O)OC)[C@H](O)C[C@H]1O)CCCC. The Morgan fingerprint density at radius 2 is 2.00 bits per heavy atom. The van der Waals surface area contributed by atoms with Crippen molar-refractivity contribution in [1.29, 1.82) is 0 Å². The molecule has 0 amide bonds. The number of esters is 1. The van der Waals surface area contributed by atoms with Gasteiger partial charge in [0.2, 0.25) is 0 Å². The standard InChI is InChI=1S/C23H36O5/c1-4-6-15-23(27,5-2)16-11-13-19-18(20(24)17-21(19)25)12-9-7-8-10-14-22(26)28-3/h2,7,9,11,13,18-21,24-25,27H,4,6,8,10,12,14-17H2,1,3H3/b9-7-,13-11+/t18-,19-,20-,21-,23?/m1/s1. The van der Waals surface area contributed by atoms with Gasteiger partial charge in [-0.1, -0.05) is 43.6 Å². The second-order valence-corrected chi connectivity index (χ2v) is 7.70. The van der Waals surface area contributed by atoms with Crippen LogP contribution in [0.2, 0.25) is 0 Å². The summed E-state index contributed by atoms with van der Waals surface area (Å²) in [5.41, 5.74) is -1.15. The molecule has 0 heterocycles. The van der Waals surface area contributed by atoms with E-state index in [2.05, 4.69) is 17.6 Å². The van der Waals surface area contributed by atoms with E-state index >= 15 is 0 Å². The fourth-order valence-electron chi connectivity index (χ4n) is 3.67. The Morgan fingerprint density at radius 3 is 2.64 bits per heavy atom. The van der Waals surface area contributed by atoms with Crippen molar-refractivity contribution >= 4 is 5.97 Å². The molecule has 1 saturated carbocycles. The molecule has 5 nitrogen and oxygen atoms in total. The van der Waals surface area contributed by atoms with Crippen LogP contribution < -0.4 is 0 Å². The Morgan fingerprint density at radius 1 is 1.25 bits per heavy atom. The number of hydrogen-bond acceptors (Lipinski definition) is 5. The van der Waals surface area contributed by atoms with E-state index in [1.807, 2.05) is 24.3 Å². The maximum Gasteiger partial charge on any atom is 0.305 e. The Labute approximate surface area is 169 Å². The molecule has 0 spiro atoms. The molecule has 1 aliphatic carbocycles. The van der Waals surface area contributed by atoms with Gasteiger partial charge in [-0.3, -0.25) is 4.79 Å². The molecule has 3 N–H and O–H groups in total. The van der Waals surface area contributed by atoms with Crippen LogP contribution in [0.5, 0.6) is 0 Å². The van der Waals surface area contributed by atoms with E-state index in [1.165, 1.54) is 7.11 Å². The fraction of sp³-hybridized carbons (Fsp3) is 0.696. The van der Waals surface area contributed by atoms with Crippen LogP contribution in [0.1, 0.15) is 64.7 Å². The summed E-state index contributed by atoms with van der Waals surface area (Å²) in [4.78, 5) is 11.1. The molecule has 1 rings (SSSR count). The average Bonchev–Trinajstić information content (AvgIpc) is 2.95. The zero-order valence-corrected chi connectivity index (χ0v) is 17.2. The summed E-state index contributed by atoms with van der Waals surface area (Å²) in [6, 6.07) is 0. The summed E-state index contributed by atoms with van der Waals surface area (Å²) >= 11 is 0. The largest absolute Gasteiger partial charge is 0.469 e. The molecule has 0 aromatic carbocycles. The molecule has 0 saturated heterocycles. The van der Waals surface area contributed by atoms with Gasteiger partial charge in [0.1, 0.15) is 5.60 Å². The first kappa shape index (κ1) is 24.4. The zero-order valence-electron chi connectivity index (χ0n) is 17.2. The molecule has 0 aromatic rings. The molecular formula is C23H36O5. The van der Waals surface area contributed by atoms with Gasteiger partial charge in [0.15, 0.2) is 0 Å². The first-order valence-corrected chi connectivity index (χ1v) is 10.3. The molecule has 5 atom stereocenters. The van der Waals surface area contributed by atoms with Crippen molar-refractivity contribution < 1.29 is 24.9 Å². The highest BCUT2D eigenvalue weighted by atomic mass is 16.5. The zero-order chi connectivity index (χ0) is 21.0. The summed E-state index contributed by atoms with van der Waals surface area (Å²) in [6.45, 7) is 2.05. The number of hydrogen-bond donors (Lipinski definition) is 3. The van der Waals surface area contributed by atoms with E-state index in [1.54, 1.807) is 0 Å². The van der Waals surface area contributed by atoms with Crippen LogP contribution in [-0.2, 0) is 9.53 Å². The van der Waals surface area contributed by atoms with Crippen LogP contribution in [-0.4, -0.2) is 46.2 Å². The minimum Gasteiger partial charge on any atom is -0.469 e. The number of carbonyl (C=O) groups is 1. The summed E-state index contributed by atoms with van der Waals surface area (Å²) in [7, 11) is 1.38. The Kier molecular flexibility index (Phi) is 11.1. The Bertz CT molecular complexity index is 562. The lowest BCUT2D eigenvalue weighted by atomic mass is 9.88. The molecule has 158 valence electrons. The van der Waals surface area contributed by atoms with Gasteiger partial charge in [0.25, 0.3) is 0 Å². The van der Waals surface area contributed by atoms with Crippen LogP contribution in [0, 0.1) is 24.2 Å². The van der Waals surface area contributed by atoms with Gasteiger partial charge in [-0.2, -0.15) is 0 Å². The molecule has 0 aliphatic heterocycles. The number of ether oxygens (including phenoxy) is 1. The molecule has 0 radical (unpaired) electrons. The highest BCUT2D eigenvalue weighted by Gasteiger charge is 2.39. The molecular weight excluding hydrogens is 356 g/mol. The first-order valence-electron chi connectivity index (χ1n) is 10.3. The van der Waals surface area contributed by atoms with Gasteiger partial charge >= 0.3 is 5.97 Å². The summed E-state index contributed by atoms with van der Waals surface area (Å²) in [5.74, 6) is 2.04. The molecule has 1 aliphatic rings. The van der Waals surface area contributed by atoms with E-state index in [-0.39, 0.29) is 17.8 Å². The number of aliphatic hydroxyl groups excluding tert-OH is 2. The van der Waals surface area contributed by atoms with Gasteiger partial charge in [-0.15, -0.1) is 6.42 Å². The van der Waals surface area contributed by atoms with Crippen LogP contribution in [0.3, 0.4) is 0 Å². The maximum absolute atomic E-state index is 11.1. The second-order valence-electron chi connectivity index (χ2n) is 7.70. The lowest BCUT2D eigenvalue weighted by molar-refractivity contribution is -0.140. The predicted octanol–water partition coefficient (Wildman–Crippen LogP) is 3.13. The lowest BCUT2D eigenvalue weighted by Gasteiger charge is -2.22. The summed E-state index contributed by atoms with van der Waals surface area (Å²) in [6.07, 6.45) is 17.7. The van der Waals surface area contributed by atoms with Crippen LogP contribution >= 0.6 is 0 Å². The van der Waals surface area contributed by atoms with Crippen molar-refractivity contribution in [1.82, 2.24) is 0 Å². The third-order valence-electron chi connectivity index (χ3n) is 5.50. The molecule has 1 unspecified atom stereocenters. The quantitative estimate of drug-likeness (QED) is 0.206. The van der Waals surface area contributed by atoms with Gasteiger partial charge in [0, 0.05) is 25.2 Å². The van der Waals surface area contributed by atoms with Crippen LogP contribution in [0.15, 0.2) is 24.3 Å². The average molecular weight is 393 g/mol.